The Hall–Kier alpha value is -1.06. The lowest BCUT2D eigenvalue weighted by molar-refractivity contribution is -0.104. The second-order valence-corrected chi connectivity index (χ2v) is 5.63. The molecule has 0 aromatic heterocycles. The molecule has 1 aromatic carbocycles. The van der Waals surface area contributed by atoms with Crippen LogP contribution in [0.2, 0.25) is 0 Å². The first kappa shape index (κ1) is 15.3. The summed E-state index contributed by atoms with van der Waals surface area (Å²) in [6.45, 7) is 12.3. The molecular formula is C17H27NO2. The quantitative estimate of drug-likeness (QED) is 0.866. The van der Waals surface area contributed by atoms with E-state index in [0.717, 1.165) is 25.3 Å². The van der Waals surface area contributed by atoms with Gasteiger partial charge in [-0.2, -0.15) is 0 Å². The van der Waals surface area contributed by atoms with Crippen LogP contribution in [0, 0.1) is 20.8 Å². The van der Waals surface area contributed by atoms with Crippen LogP contribution in [-0.4, -0.2) is 31.4 Å². The Labute approximate surface area is 122 Å². The van der Waals surface area contributed by atoms with Crippen LogP contribution in [0.25, 0.3) is 0 Å². The van der Waals surface area contributed by atoms with Gasteiger partial charge in [0, 0.05) is 19.1 Å². The molecule has 0 aliphatic heterocycles. The maximum absolute atomic E-state index is 6.27. The standard InChI is InChI=1S/C17H27NO2/c1-6-18-14-10-15(17(14)19-7-2)20-16-12(4)9-8-11(3)13(16)5/h8-9,14-15,17-18H,6-7,10H2,1-5H3. The lowest BCUT2D eigenvalue weighted by atomic mass is 9.85. The summed E-state index contributed by atoms with van der Waals surface area (Å²) in [5.41, 5.74) is 3.73. The molecule has 3 atom stereocenters. The second-order valence-electron chi connectivity index (χ2n) is 5.63. The smallest absolute Gasteiger partial charge is 0.128 e. The molecule has 0 amide bonds. The summed E-state index contributed by atoms with van der Waals surface area (Å²) in [4.78, 5) is 0. The van der Waals surface area contributed by atoms with Gasteiger partial charge in [0.2, 0.25) is 0 Å². The van der Waals surface area contributed by atoms with Crippen molar-refractivity contribution in [3.8, 4) is 5.75 Å². The number of rotatable bonds is 6. The average Bonchev–Trinajstić information content (AvgIpc) is 2.43. The zero-order chi connectivity index (χ0) is 14.7. The first-order valence-corrected chi connectivity index (χ1v) is 7.66. The van der Waals surface area contributed by atoms with Gasteiger partial charge in [0.1, 0.15) is 18.0 Å². The van der Waals surface area contributed by atoms with Crippen molar-refractivity contribution in [1.82, 2.24) is 5.32 Å². The van der Waals surface area contributed by atoms with E-state index in [2.05, 4.69) is 45.1 Å². The fourth-order valence-electron chi connectivity index (χ4n) is 2.83. The van der Waals surface area contributed by atoms with E-state index in [4.69, 9.17) is 9.47 Å². The number of hydrogen-bond acceptors (Lipinski definition) is 3. The Bertz CT molecular complexity index is 459. The second kappa shape index (κ2) is 6.59. The van der Waals surface area contributed by atoms with E-state index in [1.807, 2.05) is 6.92 Å². The molecule has 3 heteroatoms. The summed E-state index contributed by atoms with van der Waals surface area (Å²) >= 11 is 0. The lowest BCUT2D eigenvalue weighted by Gasteiger charge is -2.44. The summed E-state index contributed by atoms with van der Waals surface area (Å²) in [5, 5.41) is 3.47. The molecule has 1 aliphatic rings. The van der Waals surface area contributed by atoms with E-state index in [0.29, 0.717) is 6.04 Å². The van der Waals surface area contributed by atoms with E-state index >= 15 is 0 Å². The van der Waals surface area contributed by atoms with Crippen molar-refractivity contribution < 1.29 is 9.47 Å². The van der Waals surface area contributed by atoms with Crippen molar-refractivity contribution in [3.05, 3.63) is 28.8 Å². The molecule has 1 N–H and O–H groups in total. The molecule has 0 radical (unpaired) electrons. The summed E-state index contributed by atoms with van der Waals surface area (Å²) in [7, 11) is 0. The minimum atomic E-state index is 0.165. The molecule has 0 bridgehead atoms. The van der Waals surface area contributed by atoms with Gasteiger partial charge in [-0.15, -0.1) is 0 Å². The van der Waals surface area contributed by atoms with Gasteiger partial charge in [0.05, 0.1) is 0 Å². The normalized spacial score (nSPS) is 25.4. The molecule has 20 heavy (non-hydrogen) atoms. The number of ether oxygens (including phenoxy) is 2. The number of nitrogens with one attached hydrogen (secondary N) is 1. The molecule has 2 rings (SSSR count). The fourth-order valence-corrected chi connectivity index (χ4v) is 2.83. The van der Waals surface area contributed by atoms with E-state index < -0.39 is 0 Å². The minimum Gasteiger partial charge on any atom is -0.487 e. The van der Waals surface area contributed by atoms with Gasteiger partial charge < -0.3 is 14.8 Å². The Balaban J connectivity index is 2.09. The van der Waals surface area contributed by atoms with Crippen molar-refractivity contribution in [1.29, 1.82) is 0 Å². The topological polar surface area (TPSA) is 30.5 Å². The molecule has 112 valence electrons. The predicted octanol–water partition coefficient (Wildman–Crippen LogP) is 3.15. The summed E-state index contributed by atoms with van der Waals surface area (Å²) in [5.74, 6) is 1.04. The van der Waals surface area contributed by atoms with E-state index in [1.165, 1.54) is 16.7 Å². The molecule has 3 nitrogen and oxygen atoms in total. The highest BCUT2D eigenvalue weighted by molar-refractivity contribution is 5.44. The number of benzene rings is 1. The maximum Gasteiger partial charge on any atom is 0.128 e. The Morgan fingerprint density at radius 2 is 1.85 bits per heavy atom. The van der Waals surface area contributed by atoms with Gasteiger partial charge in [-0.05, 0) is 50.9 Å². The van der Waals surface area contributed by atoms with Gasteiger partial charge in [-0.25, -0.2) is 0 Å². The van der Waals surface area contributed by atoms with Gasteiger partial charge in [-0.3, -0.25) is 0 Å². The highest BCUT2D eigenvalue weighted by atomic mass is 16.5. The van der Waals surface area contributed by atoms with Crippen LogP contribution in [0.3, 0.4) is 0 Å². The third-order valence-corrected chi connectivity index (χ3v) is 4.22. The molecule has 1 saturated carbocycles. The Kier molecular flexibility index (Phi) is 5.06. The van der Waals surface area contributed by atoms with E-state index in [9.17, 15) is 0 Å². The minimum absolute atomic E-state index is 0.165. The first-order valence-electron chi connectivity index (χ1n) is 7.66. The van der Waals surface area contributed by atoms with Crippen LogP contribution in [0.4, 0.5) is 0 Å². The van der Waals surface area contributed by atoms with Crippen molar-refractivity contribution in [2.24, 2.45) is 0 Å². The van der Waals surface area contributed by atoms with E-state index in [1.54, 1.807) is 0 Å². The molecule has 3 unspecified atom stereocenters. The van der Waals surface area contributed by atoms with Crippen molar-refractivity contribution >= 4 is 0 Å². The average molecular weight is 277 g/mol. The zero-order valence-corrected chi connectivity index (χ0v) is 13.3. The summed E-state index contributed by atoms with van der Waals surface area (Å²) in [6.07, 6.45) is 1.35. The molecule has 0 saturated heterocycles. The van der Waals surface area contributed by atoms with Crippen molar-refractivity contribution in [2.75, 3.05) is 13.2 Å². The number of aryl methyl sites for hydroxylation is 2. The van der Waals surface area contributed by atoms with Crippen LogP contribution in [-0.2, 0) is 4.74 Å². The highest BCUT2D eigenvalue weighted by Crippen LogP contribution is 2.33. The maximum atomic E-state index is 6.27. The highest BCUT2D eigenvalue weighted by Gasteiger charge is 2.43. The predicted molar refractivity (Wildman–Crippen MR) is 82.6 cm³/mol. The SMILES string of the molecule is CCNC1CC(Oc2c(C)ccc(C)c2C)C1OCC. The molecule has 1 fully saturated rings. The zero-order valence-electron chi connectivity index (χ0n) is 13.3. The third kappa shape index (κ3) is 2.99. The largest absolute Gasteiger partial charge is 0.487 e. The van der Waals surface area contributed by atoms with Gasteiger partial charge in [0.25, 0.3) is 0 Å². The molecule has 0 spiro atoms. The van der Waals surface area contributed by atoms with Gasteiger partial charge in [0.15, 0.2) is 0 Å². The van der Waals surface area contributed by atoms with Gasteiger partial charge >= 0.3 is 0 Å². The summed E-state index contributed by atoms with van der Waals surface area (Å²) < 4.78 is 12.1. The Morgan fingerprint density at radius 1 is 1.15 bits per heavy atom. The monoisotopic (exact) mass is 277 g/mol. The van der Waals surface area contributed by atoms with Crippen LogP contribution in [0.15, 0.2) is 12.1 Å². The van der Waals surface area contributed by atoms with Crippen molar-refractivity contribution in [3.63, 3.8) is 0 Å². The van der Waals surface area contributed by atoms with Gasteiger partial charge in [-0.1, -0.05) is 19.1 Å². The lowest BCUT2D eigenvalue weighted by Crippen LogP contribution is -2.61. The number of likely N-dealkylation sites (N-methyl/N-ethyl adjacent to an activating group) is 1. The molecule has 1 aliphatic carbocycles. The first-order chi connectivity index (χ1) is 9.58. The van der Waals surface area contributed by atoms with Crippen LogP contribution >= 0.6 is 0 Å². The fraction of sp³-hybridized carbons (Fsp3) is 0.647. The molecular weight excluding hydrogens is 250 g/mol. The van der Waals surface area contributed by atoms with Crippen LogP contribution in [0.5, 0.6) is 5.75 Å². The van der Waals surface area contributed by atoms with Crippen LogP contribution in [0.1, 0.15) is 37.0 Å². The summed E-state index contributed by atoms with van der Waals surface area (Å²) in [6, 6.07) is 4.71. The van der Waals surface area contributed by atoms with Crippen LogP contribution < -0.4 is 10.1 Å². The van der Waals surface area contributed by atoms with E-state index in [-0.39, 0.29) is 12.2 Å². The molecule has 0 heterocycles. The van der Waals surface area contributed by atoms with Crippen molar-refractivity contribution in [2.45, 2.75) is 59.3 Å². The molecule has 1 aromatic rings. The Morgan fingerprint density at radius 3 is 2.50 bits per heavy atom. The number of hydrogen-bond donors (Lipinski definition) is 1. The third-order valence-electron chi connectivity index (χ3n) is 4.22.